The Morgan fingerprint density at radius 2 is 2.20 bits per heavy atom. The summed E-state index contributed by atoms with van der Waals surface area (Å²) in [6.07, 6.45) is 6.84. The summed E-state index contributed by atoms with van der Waals surface area (Å²) in [6.45, 7) is 2.47. The second-order valence-corrected chi connectivity index (χ2v) is 6.42. The lowest BCUT2D eigenvalue weighted by Gasteiger charge is -2.23. The predicted molar refractivity (Wildman–Crippen MR) is 95.4 cm³/mol. The molecule has 1 aliphatic rings. The second-order valence-electron chi connectivity index (χ2n) is 5.47. The number of hydrogen-bond donors (Lipinski definition) is 1. The molecule has 1 aliphatic heterocycles. The van der Waals surface area contributed by atoms with Gasteiger partial charge in [-0.2, -0.15) is 0 Å². The van der Waals surface area contributed by atoms with Crippen molar-refractivity contribution in [3.63, 3.8) is 0 Å². The summed E-state index contributed by atoms with van der Waals surface area (Å²) in [5, 5.41) is 5.26. The Balaban J connectivity index is 1.61. The quantitative estimate of drug-likeness (QED) is 0.753. The van der Waals surface area contributed by atoms with E-state index in [9.17, 15) is 0 Å². The summed E-state index contributed by atoms with van der Waals surface area (Å²) in [5.41, 5.74) is 2.45. The highest BCUT2D eigenvalue weighted by Gasteiger charge is 2.16. The summed E-state index contributed by atoms with van der Waals surface area (Å²) in [6, 6.07) is 4.04. The van der Waals surface area contributed by atoms with E-state index < -0.39 is 0 Å². The Hall–Kier alpha value is -2.42. The van der Waals surface area contributed by atoms with Crippen molar-refractivity contribution in [3.05, 3.63) is 42.3 Å². The molecule has 8 heteroatoms. The molecule has 128 valence electrons. The van der Waals surface area contributed by atoms with E-state index >= 15 is 0 Å². The van der Waals surface area contributed by atoms with Crippen LogP contribution in [0.4, 0.5) is 5.95 Å². The van der Waals surface area contributed by atoms with Crippen LogP contribution < -0.4 is 5.32 Å². The van der Waals surface area contributed by atoms with Crippen LogP contribution in [0.3, 0.4) is 0 Å². The zero-order valence-electron chi connectivity index (χ0n) is 13.5. The zero-order chi connectivity index (χ0) is 16.9. The van der Waals surface area contributed by atoms with Crippen LogP contribution in [0.1, 0.15) is 0 Å². The average Bonchev–Trinajstić information content (AvgIpc) is 3.22. The summed E-state index contributed by atoms with van der Waals surface area (Å²) in [7, 11) is 0. The molecule has 1 atom stereocenters. The van der Waals surface area contributed by atoms with E-state index in [1.165, 1.54) is 0 Å². The van der Waals surface area contributed by atoms with Crippen LogP contribution in [0.2, 0.25) is 0 Å². The van der Waals surface area contributed by atoms with Crippen LogP contribution in [-0.4, -0.2) is 52.4 Å². The number of thiophene rings is 1. The van der Waals surface area contributed by atoms with E-state index in [0.717, 1.165) is 21.8 Å². The van der Waals surface area contributed by atoms with Gasteiger partial charge in [0.2, 0.25) is 5.95 Å². The van der Waals surface area contributed by atoms with E-state index in [0.29, 0.717) is 32.3 Å². The van der Waals surface area contributed by atoms with Crippen molar-refractivity contribution >= 4 is 17.3 Å². The minimum atomic E-state index is 0.0159. The van der Waals surface area contributed by atoms with Crippen LogP contribution in [-0.2, 0) is 9.47 Å². The molecule has 0 bridgehead atoms. The normalized spacial score (nSPS) is 17.4. The maximum atomic E-state index is 5.64. The van der Waals surface area contributed by atoms with E-state index in [-0.39, 0.29) is 6.10 Å². The van der Waals surface area contributed by atoms with E-state index in [2.05, 4.69) is 20.3 Å². The number of anilines is 1. The van der Waals surface area contributed by atoms with Crippen molar-refractivity contribution in [1.82, 2.24) is 19.9 Å². The highest BCUT2D eigenvalue weighted by atomic mass is 32.1. The maximum absolute atomic E-state index is 5.64. The highest BCUT2D eigenvalue weighted by molar-refractivity contribution is 7.13. The minimum absolute atomic E-state index is 0.0159. The standard InChI is InChI=1S/C17H17N5O2S/c1-2-15(25-7-1)16-13(14-10-18-3-4-19-14)9-21-17(22-16)20-8-12-11-23-5-6-24-12/h1-4,7,9-10,12H,5-6,8,11H2,(H,20,21,22)/t12-/m1/s1. The molecule has 0 aliphatic carbocycles. The van der Waals surface area contributed by atoms with Gasteiger partial charge in [-0.25, -0.2) is 9.97 Å². The number of nitrogens with one attached hydrogen (secondary N) is 1. The van der Waals surface area contributed by atoms with Crippen LogP contribution in [0.25, 0.3) is 21.8 Å². The van der Waals surface area contributed by atoms with Crippen LogP contribution >= 0.6 is 11.3 Å². The molecule has 0 saturated carbocycles. The third-order valence-electron chi connectivity index (χ3n) is 3.76. The minimum Gasteiger partial charge on any atom is -0.376 e. The highest BCUT2D eigenvalue weighted by Crippen LogP contribution is 2.32. The molecule has 0 radical (unpaired) electrons. The van der Waals surface area contributed by atoms with Crippen molar-refractivity contribution < 1.29 is 9.47 Å². The van der Waals surface area contributed by atoms with Crippen molar-refractivity contribution in [2.75, 3.05) is 31.7 Å². The van der Waals surface area contributed by atoms with Gasteiger partial charge in [-0.15, -0.1) is 11.3 Å². The predicted octanol–water partition coefficient (Wildman–Crippen LogP) is 2.49. The van der Waals surface area contributed by atoms with E-state index in [4.69, 9.17) is 14.5 Å². The first-order chi connectivity index (χ1) is 12.4. The fourth-order valence-electron chi connectivity index (χ4n) is 2.55. The Morgan fingerprint density at radius 1 is 1.20 bits per heavy atom. The van der Waals surface area contributed by atoms with Gasteiger partial charge in [0.25, 0.3) is 0 Å². The molecule has 1 N–H and O–H groups in total. The van der Waals surface area contributed by atoms with Crippen LogP contribution in [0.5, 0.6) is 0 Å². The third-order valence-corrected chi connectivity index (χ3v) is 4.63. The van der Waals surface area contributed by atoms with Gasteiger partial charge in [0.15, 0.2) is 0 Å². The Bertz CT molecular complexity index is 807. The van der Waals surface area contributed by atoms with Gasteiger partial charge in [0.1, 0.15) is 0 Å². The SMILES string of the molecule is c1csc(-c2nc(NC[C@@H]3COCCO3)ncc2-c2cnccn2)c1. The molecule has 4 rings (SSSR count). The summed E-state index contributed by atoms with van der Waals surface area (Å²) in [4.78, 5) is 18.7. The number of hydrogen-bond acceptors (Lipinski definition) is 8. The molecule has 4 heterocycles. The van der Waals surface area contributed by atoms with Gasteiger partial charge in [0, 0.05) is 30.7 Å². The summed E-state index contributed by atoms with van der Waals surface area (Å²) >= 11 is 1.63. The van der Waals surface area contributed by atoms with Crippen LogP contribution in [0.15, 0.2) is 42.3 Å². The zero-order valence-corrected chi connectivity index (χ0v) is 14.3. The van der Waals surface area contributed by atoms with Crippen molar-refractivity contribution in [1.29, 1.82) is 0 Å². The van der Waals surface area contributed by atoms with Crippen molar-refractivity contribution in [2.45, 2.75) is 6.10 Å². The van der Waals surface area contributed by atoms with Gasteiger partial charge in [-0.1, -0.05) is 6.07 Å². The number of rotatable bonds is 5. The topological polar surface area (TPSA) is 82.1 Å². The number of ether oxygens (including phenoxy) is 2. The maximum Gasteiger partial charge on any atom is 0.223 e. The molecule has 3 aromatic rings. The average molecular weight is 355 g/mol. The van der Waals surface area contributed by atoms with Crippen molar-refractivity contribution in [2.24, 2.45) is 0 Å². The fourth-order valence-corrected chi connectivity index (χ4v) is 3.28. The molecule has 0 unspecified atom stereocenters. The Labute approximate surface area is 149 Å². The Kier molecular flexibility index (Phi) is 4.91. The molecule has 0 amide bonds. The monoisotopic (exact) mass is 355 g/mol. The fraction of sp³-hybridized carbons (Fsp3) is 0.294. The van der Waals surface area contributed by atoms with Gasteiger partial charge in [-0.3, -0.25) is 9.97 Å². The van der Waals surface area contributed by atoms with Crippen LogP contribution in [0, 0.1) is 0 Å². The van der Waals surface area contributed by atoms with E-state index in [1.807, 2.05) is 17.5 Å². The lowest BCUT2D eigenvalue weighted by molar-refractivity contribution is -0.0819. The summed E-state index contributed by atoms with van der Waals surface area (Å²) < 4.78 is 11.0. The lowest BCUT2D eigenvalue weighted by atomic mass is 10.1. The first kappa shape index (κ1) is 16.1. The third kappa shape index (κ3) is 3.81. The smallest absolute Gasteiger partial charge is 0.223 e. The molecule has 0 spiro atoms. The molecule has 25 heavy (non-hydrogen) atoms. The van der Waals surface area contributed by atoms with Crippen molar-refractivity contribution in [3.8, 4) is 21.8 Å². The largest absolute Gasteiger partial charge is 0.376 e. The molecule has 7 nitrogen and oxygen atoms in total. The molecule has 1 fully saturated rings. The number of aromatic nitrogens is 4. The van der Waals surface area contributed by atoms with Gasteiger partial charge in [0.05, 0.1) is 48.4 Å². The second kappa shape index (κ2) is 7.64. The van der Waals surface area contributed by atoms with Gasteiger partial charge < -0.3 is 14.8 Å². The number of nitrogens with zero attached hydrogens (tertiary/aromatic N) is 4. The Morgan fingerprint density at radius 3 is 2.96 bits per heavy atom. The van der Waals surface area contributed by atoms with E-state index in [1.54, 1.807) is 36.1 Å². The van der Waals surface area contributed by atoms with Gasteiger partial charge >= 0.3 is 0 Å². The summed E-state index contributed by atoms with van der Waals surface area (Å²) in [5.74, 6) is 0.560. The van der Waals surface area contributed by atoms with Gasteiger partial charge in [-0.05, 0) is 11.4 Å². The molecule has 1 saturated heterocycles. The molecule has 0 aromatic carbocycles. The molecular weight excluding hydrogens is 338 g/mol. The molecule has 3 aromatic heterocycles. The first-order valence-corrected chi connectivity index (χ1v) is 8.88. The first-order valence-electron chi connectivity index (χ1n) is 8.00. The lowest BCUT2D eigenvalue weighted by Crippen LogP contribution is -2.34. The molecular formula is C17H17N5O2S.